The van der Waals surface area contributed by atoms with E-state index >= 15 is 0 Å². The topological polar surface area (TPSA) is 81.6 Å². The highest BCUT2D eigenvalue weighted by molar-refractivity contribution is 7.99. The lowest BCUT2D eigenvalue weighted by Gasteiger charge is -2.05. The first kappa shape index (κ1) is 19.0. The van der Waals surface area contributed by atoms with Crippen molar-refractivity contribution in [3.05, 3.63) is 76.1 Å². The summed E-state index contributed by atoms with van der Waals surface area (Å²) in [7, 11) is 0. The Kier molecular flexibility index (Phi) is 6.17. The smallest absolute Gasteiger partial charge is 0.234 e. The van der Waals surface area contributed by atoms with E-state index in [2.05, 4.69) is 27.4 Å². The van der Waals surface area contributed by atoms with Gasteiger partial charge in [0.25, 0.3) is 0 Å². The van der Waals surface area contributed by atoms with Gasteiger partial charge in [-0.05, 0) is 30.7 Å². The van der Waals surface area contributed by atoms with Gasteiger partial charge in [0.05, 0.1) is 22.0 Å². The average molecular weight is 397 g/mol. The van der Waals surface area contributed by atoms with E-state index in [0.29, 0.717) is 21.4 Å². The summed E-state index contributed by atoms with van der Waals surface area (Å²) in [6, 6.07) is 16.9. The van der Waals surface area contributed by atoms with E-state index < -0.39 is 0 Å². The summed E-state index contributed by atoms with van der Waals surface area (Å²) in [5.74, 6) is 0.0504. The minimum absolute atomic E-state index is 0.167. The number of nitriles is 1. The monoisotopic (exact) mass is 396 g/mol. The number of rotatable bonds is 6. The van der Waals surface area contributed by atoms with Crippen molar-refractivity contribution in [1.82, 2.24) is 9.97 Å². The summed E-state index contributed by atoms with van der Waals surface area (Å²) in [6.45, 7) is 1.98. The van der Waals surface area contributed by atoms with Crippen molar-refractivity contribution in [1.29, 1.82) is 5.26 Å². The molecule has 0 aliphatic carbocycles. The van der Waals surface area contributed by atoms with Gasteiger partial charge in [-0.2, -0.15) is 5.26 Å². The second-order valence-electron chi connectivity index (χ2n) is 5.92. The number of anilines is 1. The molecule has 2 N–H and O–H groups in total. The van der Waals surface area contributed by atoms with Gasteiger partial charge in [-0.15, -0.1) is 0 Å². The molecule has 0 radical (unpaired) electrons. The number of carbonyl (C=O) groups excluding carboxylic acids is 1. The number of aromatic amines is 1. The summed E-state index contributed by atoms with van der Waals surface area (Å²) in [4.78, 5) is 20.0. The molecular formula is C20H17ClN4OS. The first-order chi connectivity index (χ1) is 13.0. The van der Waals surface area contributed by atoms with Crippen LogP contribution >= 0.6 is 23.4 Å². The van der Waals surface area contributed by atoms with Gasteiger partial charge in [0.15, 0.2) is 5.16 Å². The van der Waals surface area contributed by atoms with Crippen LogP contribution in [0.25, 0.3) is 0 Å². The van der Waals surface area contributed by atoms with Crippen molar-refractivity contribution in [2.45, 2.75) is 18.5 Å². The fraction of sp³-hybridized carbons (Fsp3) is 0.150. The van der Waals surface area contributed by atoms with Crippen LogP contribution in [0.5, 0.6) is 0 Å². The number of halogens is 1. The summed E-state index contributed by atoms with van der Waals surface area (Å²) >= 11 is 7.32. The van der Waals surface area contributed by atoms with E-state index in [4.69, 9.17) is 16.9 Å². The number of amides is 1. The minimum atomic E-state index is -0.167. The van der Waals surface area contributed by atoms with Gasteiger partial charge in [-0.1, -0.05) is 53.7 Å². The number of H-pyrrole nitrogens is 1. The van der Waals surface area contributed by atoms with Gasteiger partial charge in [0, 0.05) is 17.8 Å². The number of hydrogen-bond donors (Lipinski definition) is 2. The van der Waals surface area contributed by atoms with Crippen LogP contribution in [0.4, 0.5) is 5.69 Å². The largest absolute Gasteiger partial charge is 0.337 e. The first-order valence-corrected chi connectivity index (χ1v) is 9.63. The lowest BCUT2D eigenvalue weighted by atomic mass is 10.1. The highest BCUT2D eigenvalue weighted by atomic mass is 35.5. The zero-order chi connectivity index (χ0) is 19.2. The summed E-state index contributed by atoms with van der Waals surface area (Å²) in [5.41, 5.74) is 4.11. The maximum Gasteiger partial charge on any atom is 0.234 e. The lowest BCUT2D eigenvalue weighted by Crippen LogP contribution is -2.14. The molecule has 2 aromatic carbocycles. The number of nitrogens with one attached hydrogen (secondary N) is 2. The number of carbonyl (C=O) groups is 1. The van der Waals surface area contributed by atoms with Gasteiger partial charge < -0.3 is 10.3 Å². The van der Waals surface area contributed by atoms with E-state index in [9.17, 15) is 4.79 Å². The Morgan fingerprint density at radius 3 is 2.78 bits per heavy atom. The average Bonchev–Trinajstić information content (AvgIpc) is 3.00. The quantitative estimate of drug-likeness (QED) is 0.598. The van der Waals surface area contributed by atoms with Crippen molar-refractivity contribution in [2.24, 2.45) is 0 Å². The lowest BCUT2D eigenvalue weighted by molar-refractivity contribution is -0.113. The van der Waals surface area contributed by atoms with Gasteiger partial charge in [-0.25, -0.2) is 4.98 Å². The molecule has 0 atom stereocenters. The highest BCUT2D eigenvalue weighted by Crippen LogP contribution is 2.22. The third-order valence-electron chi connectivity index (χ3n) is 3.89. The molecule has 0 spiro atoms. The standard InChI is InChI=1S/C20H17ClN4OS/c1-13-18(9-14-5-3-2-4-6-14)25-20(23-13)27-12-19(26)24-16-8-7-15(11-22)17(21)10-16/h2-8,10H,9,12H2,1H3,(H,23,25)(H,24,26). The van der Waals surface area contributed by atoms with E-state index in [0.717, 1.165) is 17.8 Å². The number of benzene rings is 2. The Morgan fingerprint density at radius 1 is 1.30 bits per heavy atom. The van der Waals surface area contributed by atoms with Crippen molar-refractivity contribution in [3.8, 4) is 6.07 Å². The van der Waals surface area contributed by atoms with Crippen LogP contribution in [0, 0.1) is 18.3 Å². The second kappa shape index (κ2) is 8.76. The normalized spacial score (nSPS) is 10.4. The molecule has 0 saturated heterocycles. The third-order valence-corrected chi connectivity index (χ3v) is 5.08. The van der Waals surface area contributed by atoms with Crippen LogP contribution < -0.4 is 5.32 Å². The molecular weight excluding hydrogens is 380 g/mol. The number of aromatic nitrogens is 2. The van der Waals surface area contributed by atoms with Crippen LogP contribution in [-0.2, 0) is 11.2 Å². The predicted octanol–water partition coefficient (Wildman–Crippen LogP) is 4.56. The molecule has 1 aromatic heterocycles. The zero-order valence-corrected chi connectivity index (χ0v) is 16.2. The molecule has 3 aromatic rings. The Bertz CT molecular complexity index is 995. The Balaban J connectivity index is 1.57. The van der Waals surface area contributed by atoms with Gasteiger partial charge >= 0.3 is 0 Å². The molecule has 0 aliphatic heterocycles. The number of thioether (sulfide) groups is 1. The Labute approximate surface area is 166 Å². The minimum Gasteiger partial charge on any atom is -0.337 e. The van der Waals surface area contributed by atoms with Gasteiger partial charge in [0.2, 0.25) is 5.91 Å². The maximum atomic E-state index is 12.2. The van der Waals surface area contributed by atoms with Crippen LogP contribution in [-0.4, -0.2) is 21.6 Å². The fourth-order valence-corrected chi connectivity index (χ4v) is 3.47. The SMILES string of the molecule is Cc1[nH]c(SCC(=O)Nc2ccc(C#N)c(Cl)c2)nc1Cc1ccccc1. The van der Waals surface area contributed by atoms with Crippen molar-refractivity contribution < 1.29 is 4.79 Å². The van der Waals surface area contributed by atoms with Crippen molar-refractivity contribution in [2.75, 3.05) is 11.1 Å². The summed E-state index contributed by atoms with van der Waals surface area (Å²) < 4.78 is 0. The Hall–Kier alpha value is -2.75. The molecule has 3 rings (SSSR count). The number of aryl methyl sites for hydroxylation is 1. The first-order valence-electron chi connectivity index (χ1n) is 8.27. The number of hydrogen-bond acceptors (Lipinski definition) is 4. The molecule has 136 valence electrons. The van der Waals surface area contributed by atoms with Gasteiger partial charge in [0.1, 0.15) is 6.07 Å². The molecule has 0 fully saturated rings. The van der Waals surface area contributed by atoms with Crippen LogP contribution in [0.15, 0.2) is 53.7 Å². The molecule has 7 heteroatoms. The molecule has 1 heterocycles. The second-order valence-corrected chi connectivity index (χ2v) is 7.29. The highest BCUT2D eigenvalue weighted by Gasteiger charge is 2.11. The van der Waals surface area contributed by atoms with E-state index in [1.54, 1.807) is 18.2 Å². The fourth-order valence-electron chi connectivity index (χ4n) is 2.51. The molecule has 0 bridgehead atoms. The van der Waals surface area contributed by atoms with E-state index in [1.807, 2.05) is 31.2 Å². The van der Waals surface area contributed by atoms with Crippen molar-refractivity contribution >= 4 is 35.0 Å². The Morgan fingerprint density at radius 2 is 2.07 bits per heavy atom. The van der Waals surface area contributed by atoms with Gasteiger partial charge in [-0.3, -0.25) is 4.79 Å². The molecule has 1 amide bonds. The number of imidazole rings is 1. The molecule has 0 unspecified atom stereocenters. The molecule has 0 saturated carbocycles. The summed E-state index contributed by atoms with van der Waals surface area (Å²) in [6.07, 6.45) is 0.750. The van der Waals surface area contributed by atoms with Crippen LogP contribution in [0.3, 0.4) is 0 Å². The van der Waals surface area contributed by atoms with Crippen molar-refractivity contribution in [3.63, 3.8) is 0 Å². The molecule has 0 aliphatic rings. The third kappa shape index (κ3) is 5.13. The molecule has 27 heavy (non-hydrogen) atoms. The van der Waals surface area contributed by atoms with E-state index in [-0.39, 0.29) is 11.7 Å². The predicted molar refractivity (Wildman–Crippen MR) is 108 cm³/mol. The van der Waals surface area contributed by atoms with E-state index in [1.165, 1.54) is 17.3 Å². The maximum absolute atomic E-state index is 12.2. The van der Waals surface area contributed by atoms with Crippen LogP contribution in [0.1, 0.15) is 22.5 Å². The summed E-state index contributed by atoms with van der Waals surface area (Å²) in [5, 5.41) is 12.7. The number of nitrogens with zero attached hydrogens (tertiary/aromatic N) is 2. The molecule has 5 nitrogen and oxygen atoms in total. The zero-order valence-electron chi connectivity index (χ0n) is 14.6. The van der Waals surface area contributed by atoms with Crippen LogP contribution in [0.2, 0.25) is 5.02 Å².